The van der Waals surface area contributed by atoms with Gasteiger partial charge in [0.15, 0.2) is 5.69 Å². The van der Waals surface area contributed by atoms with Crippen LogP contribution in [-0.4, -0.2) is 75.3 Å². The van der Waals surface area contributed by atoms with Gasteiger partial charge in [-0.2, -0.15) is 9.97 Å². The number of amides is 1. The largest absolute Gasteiger partial charge is 0.479 e. The zero-order valence-corrected chi connectivity index (χ0v) is 26.0. The summed E-state index contributed by atoms with van der Waals surface area (Å²) in [7, 11) is 1.55. The van der Waals surface area contributed by atoms with Crippen molar-refractivity contribution < 1.29 is 23.4 Å². The maximum Gasteiger partial charge on any atom is 0.290 e. The van der Waals surface area contributed by atoms with Crippen LogP contribution in [0, 0.1) is 6.92 Å². The molecule has 2 aliphatic rings. The van der Waals surface area contributed by atoms with E-state index in [9.17, 15) is 4.79 Å². The van der Waals surface area contributed by atoms with Crippen LogP contribution in [0.5, 0.6) is 23.5 Å². The van der Waals surface area contributed by atoms with Gasteiger partial charge >= 0.3 is 0 Å². The van der Waals surface area contributed by atoms with Crippen molar-refractivity contribution in [1.82, 2.24) is 14.9 Å². The van der Waals surface area contributed by atoms with Crippen LogP contribution in [0.25, 0.3) is 0 Å². The summed E-state index contributed by atoms with van der Waals surface area (Å²) in [5, 5.41) is 4.16. The number of carbonyl (C=O) groups is 1. The van der Waals surface area contributed by atoms with Crippen molar-refractivity contribution in [2.45, 2.75) is 58.3 Å². The van der Waals surface area contributed by atoms with Gasteiger partial charge in [-0.3, -0.25) is 4.79 Å². The van der Waals surface area contributed by atoms with Gasteiger partial charge in [-0.15, -0.1) is 0 Å². The van der Waals surface area contributed by atoms with Crippen molar-refractivity contribution in [3.05, 3.63) is 41.7 Å². The van der Waals surface area contributed by atoms with Crippen LogP contribution in [-0.2, 0) is 11.2 Å². The van der Waals surface area contributed by atoms with Gasteiger partial charge in [0, 0.05) is 25.2 Å². The number of nitrogens with zero attached hydrogens (tertiary/aromatic N) is 4. The van der Waals surface area contributed by atoms with Gasteiger partial charge < -0.3 is 33.7 Å². The predicted molar refractivity (Wildman–Crippen MR) is 162 cm³/mol. The third-order valence-electron chi connectivity index (χ3n) is 7.87. The molecule has 220 valence electrons. The predicted octanol–water partition coefficient (Wildman–Crippen LogP) is 4.59. The number of hydrogen-bond acceptors (Lipinski definition) is 9. The topological polar surface area (TPSA) is 102 Å². The molecular formula is C30H41N5O5Si. The molecule has 0 aliphatic carbocycles. The Labute approximate surface area is 243 Å². The fraction of sp³-hybridized carbons (Fsp3) is 0.500. The van der Waals surface area contributed by atoms with E-state index in [1.54, 1.807) is 12.1 Å². The number of nitrogens with one attached hydrogen (secondary N) is 1. The molecule has 41 heavy (non-hydrogen) atoms. The van der Waals surface area contributed by atoms with Crippen LogP contribution >= 0.6 is 0 Å². The lowest BCUT2D eigenvalue weighted by atomic mass is 10.00. The number of hydrogen-bond donors (Lipinski definition) is 1. The fourth-order valence-electron chi connectivity index (χ4n) is 5.23. The molecule has 11 heteroatoms. The van der Waals surface area contributed by atoms with E-state index in [2.05, 4.69) is 62.9 Å². The average molecular weight is 580 g/mol. The van der Waals surface area contributed by atoms with Crippen LogP contribution in [0.3, 0.4) is 0 Å². The molecular weight excluding hydrogens is 538 g/mol. The van der Waals surface area contributed by atoms with E-state index >= 15 is 0 Å². The van der Waals surface area contributed by atoms with Crippen molar-refractivity contribution in [1.29, 1.82) is 0 Å². The number of likely N-dealkylation sites (tertiary alicyclic amines) is 1. The Bertz CT molecular complexity index is 1350. The van der Waals surface area contributed by atoms with Crippen LogP contribution < -0.4 is 29.6 Å². The molecule has 0 atom stereocenters. The summed E-state index contributed by atoms with van der Waals surface area (Å²) in [6.07, 6.45) is 3.44. The van der Waals surface area contributed by atoms with E-state index in [1.165, 1.54) is 38.9 Å². The quantitative estimate of drug-likeness (QED) is 0.346. The van der Waals surface area contributed by atoms with Crippen LogP contribution in [0.4, 0.5) is 11.6 Å². The normalized spacial score (nSPS) is 16.3. The number of ether oxygens (including phenoxy) is 3. The lowest BCUT2D eigenvalue weighted by Crippen LogP contribution is -2.50. The van der Waals surface area contributed by atoms with Gasteiger partial charge in [0.1, 0.15) is 11.5 Å². The summed E-state index contributed by atoms with van der Waals surface area (Å²) >= 11 is 0. The highest BCUT2D eigenvalue weighted by Crippen LogP contribution is 2.35. The minimum atomic E-state index is -1.49. The SMILES string of the molecule is COc1nc(N2CCC(N3CCC3)CC2)nc(OC)c1NC(=O)Cc1ccc(Oc2cc([Si](C)(C)C)ccc2C)o1. The lowest BCUT2D eigenvalue weighted by molar-refractivity contribution is -0.115. The van der Waals surface area contributed by atoms with Gasteiger partial charge in [-0.1, -0.05) is 37.0 Å². The average Bonchev–Trinajstić information content (AvgIpc) is 3.35. The Kier molecular flexibility index (Phi) is 8.55. The van der Waals surface area contributed by atoms with Crippen molar-refractivity contribution in [2.24, 2.45) is 0 Å². The number of carbonyl (C=O) groups excluding carboxylic acids is 1. The van der Waals surface area contributed by atoms with Crippen LogP contribution in [0.2, 0.25) is 19.6 Å². The second-order valence-electron chi connectivity index (χ2n) is 11.8. The molecule has 0 radical (unpaired) electrons. The first kappa shape index (κ1) is 28.9. The fourth-order valence-corrected chi connectivity index (χ4v) is 6.37. The second kappa shape index (κ2) is 12.1. The number of anilines is 2. The summed E-state index contributed by atoms with van der Waals surface area (Å²) in [5.74, 6) is 2.30. The monoisotopic (exact) mass is 579 g/mol. The Morgan fingerprint density at radius 2 is 1.71 bits per heavy atom. The van der Waals surface area contributed by atoms with Crippen molar-refractivity contribution >= 4 is 30.8 Å². The van der Waals surface area contributed by atoms with Gasteiger partial charge in [-0.25, -0.2) is 0 Å². The molecule has 3 aromatic rings. The Morgan fingerprint density at radius 3 is 2.29 bits per heavy atom. The van der Waals surface area contributed by atoms with E-state index in [0.29, 0.717) is 29.4 Å². The molecule has 2 aromatic heterocycles. The van der Waals surface area contributed by atoms with Gasteiger partial charge in [0.05, 0.1) is 28.7 Å². The Balaban J connectivity index is 1.24. The lowest BCUT2D eigenvalue weighted by Gasteiger charge is -2.43. The number of aryl methyl sites for hydroxylation is 1. The number of piperidine rings is 1. The molecule has 1 aromatic carbocycles. The van der Waals surface area contributed by atoms with Crippen LogP contribution in [0.15, 0.2) is 34.7 Å². The first-order valence-corrected chi connectivity index (χ1v) is 17.8. The van der Waals surface area contributed by atoms with Crippen molar-refractivity contribution in [2.75, 3.05) is 50.6 Å². The second-order valence-corrected chi connectivity index (χ2v) is 16.9. The smallest absolute Gasteiger partial charge is 0.290 e. The molecule has 2 fully saturated rings. The summed E-state index contributed by atoms with van der Waals surface area (Å²) in [4.78, 5) is 27.0. The van der Waals surface area contributed by atoms with E-state index in [-0.39, 0.29) is 24.1 Å². The molecule has 0 spiro atoms. The maximum atomic E-state index is 13.0. The molecule has 4 heterocycles. The summed E-state index contributed by atoms with van der Waals surface area (Å²) < 4.78 is 23.0. The van der Waals surface area contributed by atoms with E-state index in [0.717, 1.165) is 37.2 Å². The Morgan fingerprint density at radius 1 is 1.02 bits per heavy atom. The van der Waals surface area contributed by atoms with E-state index in [4.69, 9.17) is 18.6 Å². The molecule has 2 saturated heterocycles. The number of benzene rings is 1. The number of rotatable bonds is 10. The molecule has 10 nitrogen and oxygen atoms in total. The Hall–Kier alpha value is -3.57. The van der Waals surface area contributed by atoms with Crippen molar-refractivity contribution in [3.8, 4) is 23.5 Å². The summed E-state index contributed by atoms with van der Waals surface area (Å²) in [6.45, 7) is 13.0. The maximum absolute atomic E-state index is 13.0. The highest BCUT2D eigenvalue weighted by Gasteiger charge is 2.30. The summed E-state index contributed by atoms with van der Waals surface area (Å²) in [5.41, 5.74) is 1.31. The molecule has 2 aliphatic heterocycles. The molecule has 0 unspecified atom stereocenters. The zero-order valence-electron chi connectivity index (χ0n) is 25.0. The number of methoxy groups -OCH3 is 2. The van der Waals surface area contributed by atoms with Gasteiger partial charge in [0.2, 0.25) is 23.6 Å². The first-order valence-electron chi connectivity index (χ1n) is 14.3. The highest BCUT2D eigenvalue weighted by atomic mass is 28.3. The highest BCUT2D eigenvalue weighted by molar-refractivity contribution is 6.88. The standard InChI is InChI=1S/C30H41N5O5Si/c1-20-8-10-23(41(4,5)6)19-24(20)40-26-11-9-22(39-26)18-25(36)31-27-28(37-2)32-30(33-29(27)38-3)35-16-12-21(13-17-35)34-14-7-15-34/h8-11,19,21H,7,12-18H2,1-6H3,(H,31,36). The van der Waals surface area contributed by atoms with Crippen molar-refractivity contribution in [3.63, 3.8) is 0 Å². The number of aromatic nitrogens is 2. The molecule has 5 rings (SSSR count). The van der Waals surface area contributed by atoms with E-state index < -0.39 is 8.07 Å². The van der Waals surface area contributed by atoms with Gasteiger partial charge in [0.25, 0.3) is 5.95 Å². The minimum Gasteiger partial charge on any atom is -0.479 e. The minimum absolute atomic E-state index is 0.00460. The third-order valence-corrected chi connectivity index (χ3v) is 9.92. The number of furan rings is 1. The zero-order chi connectivity index (χ0) is 29.1. The van der Waals surface area contributed by atoms with Gasteiger partial charge in [-0.05, 0) is 57.0 Å². The van der Waals surface area contributed by atoms with E-state index in [1.807, 2.05) is 6.92 Å². The van der Waals surface area contributed by atoms with Crippen LogP contribution in [0.1, 0.15) is 30.6 Å². The molecule has 1 amide bonds. The summed E-state index contributed by atoms with van der Waals surface area (Å²) in [6, 6.07) is 10.4. The first-order chi connectivity index (χ1) is 19.6. The third kappa shape index (κ3) is 6.67. The molecule has 0 saturated carbocycles. The molecule has 1 N–H and O–H groups in total. The molecule has 0 bridgehead atoms.